The summed E-state index contributed by atoms with van der Waals surface area (Å²) in [6.07, 6.45) is -1.36. The summed E-state index contributed by atoms with van der Waals surface area (Å²) in [5, 5.41) is 4.31. The molecule has 0 bridgehead atoms. The van der Waals surface area contributed by atoms with Gasteiger partial charge in [-0.2, -0.15) is 0 Å². The lowest BCUT2D eigenvalue weighted by atomic mass is 10.2. The van der Waals surface area contributed by atoms with Crippen molar-refractivity contribution >= 4 is 23.5 Å². The highest BCUT2D eigenvalue weighted by atomic mass is 19.2. The summed E-state index contributed by atoms with van der Waals surface area (Å²) in [6.45, 7) is 0.703. The summed E-state index contributed by atoms with van der Waals surface area (Å²) >= 11 is 0. The Bertz CT molecular complexity index is 859. The number of hydrogen-bond acceptors (Lipinski definition) is 4. The average molecular weight is 380 g/mol. The summed E-state index contributed by atoms with van der Waals surface area (Å²) in [6, 6.07) is 9.60. The second-order valence-corrected chi connectivity index (χ2v) is 5.39. The highest BCUT2D eigenvalue weighted by Gasteiger charge is 2.21. The predicted octanol–water partition coefficient (Wildman–Crippen LogP) is 2.40. The third kappa shape index (κ3) is 5.30. The first-order chi connectivity index (χ1) is 12.8. The van der Waals surface area contributed by atoms with Crippen LogP contribution in [0.1, 0.15) is 17.3 Å². The van der Waals surface area contributed by atoms with Gasteiger partial charge in [-0.3, -0.25) is 14.4 Å². The number of nitrogens with one attached hydrogen (secondary N) is 2. The van der Waals surface area contributed by atoms with E-state index in [9.17, 15) is 27.6 Å². The number of benzene rings is 2. The molecule has 1 atom stereocenters. The van der Waals surface area contributed by atoms with Gasteiger partial charge < -0.3 is 15.4 Å². The van der Waals surface area contributed by atoms with E-state index in [0.29, 0.717) is 11.6 Å². The van der Waals surface area contributed by atoms with E-state index in [4.69, 9.17) is 4.74 Å². The minimum absolute atomic E-state index is 0.338. The summed E-state index contributed by atoms with van der Waals surface area (Å²) < 4.78 is 44.4. The number of amides is 2. The van der Waals surface area contributed by atoms with E-state index in [1.807, 2.05) is 5.32 Å². The monoisotopic (exact) mass is 380 g/mol. The fourth-order valence-electron chi connectivity index (χ4n) is 1.99. The van der Waals surface area contributed by atoms with E-state index in [2.05, 4.69) is 5.32 Å². The van der Waals surface area contributed by atoms with E-state index in [1.54, 1.807) is 30.3 Å². The summed E-state index contributed by atoms with van der Waals surface area (Å²) in [5.41, 5.74) is -0.260. The zero-order valence-corrected chi connectivity index (χ0v) is 14.1. The third-order valence-electron chi connectivity index (χ3n) is 3.40. The molecule has 0 radical (unpaired) electrons. The molecule has 9 heteroatoms. The number of anilines is 1. The van der Waals surface area contributed by atoms with E-state index in [-0.39, 0.29) is 0 Å². The molecule has 0 saturated carbocycles. The summed E-state index contributed by atoms with van der Waals surface area (Å²) in [7, 11) is 0. The van der Waals surface area contributed by atoms with Crippen LogP contribution < -0.4 is 10.6 Å². The summed E-state index contributed by atoms with van der Waals surface area (Å²) in [4.78, 5) is 35.4. The lowest BCUT2D eigenvalue weighted by molar-refractivity contribution is -0.152. The van der Waals surface area contributed by atoms with Crippen molar-refractivity contribution in [3.8, 4) is 0 Å². The topological polar surface area (TPSA) is 84.5 Å². The molecule has 0 spiro atoms. The number of rotatable bonds is 6. The van der Waals surface area contributed by atoms with Crippen molar-refractivity contribution in [2.24, 2.45) is 0 Å². The molecule has 0 heterocycles. The second kappa shape index (κ2) is 8.84. The number of esters is 1. The van der Waals surface area contributed by atoms with Crippen LogP contribution in [0.25, 0.3) is 0 Å². The Hall–Kier alpha value is -3.36. The van der Waals surface area contributed by atoms with Crippen molar-refractivity contribution in [3.05, 3.63) is 65.5 Å². The minimum atomic E-state index is -1.74. The number of hydrogen-bond donors (Lipinski definition) is 2. The first-order valence-electron chi connectivity index (χ1n) is 7.76. The Balaban J connectivity index is 1.86. The molecule has 0 aromatic heterocycles. The van der Waals surface area contributed by atoms with Gasteiger partial charge in [-0.25, -0.2) is 13.2 Å². The highest BCUT2D eigenvalue weighted by molar-refractivity contribution is 5.97. The van der Waals surface area contributed by atoms with Gasteiger partial charge in [0.1, 0.15) is 6.54 Å². The van der Waals surface area contributed by atoms with Gasteiger partial charge in [0.15, 0.2) is 23.6 Å². The molecule has 0 aliphatic carbocycles. The quantitative estimate of drug-likeness (QED) is 0.595. The first kappa shape index (κ1) is 20.0. The van der Waals surface area contributed by atoms with Crippen LogP contribution in [0.4, 0.5) is 18.9 Å². The predicted molar refractivity (Wildman–Crippen MR) is 89.3 cm³/mol. The molecule has 2 aromatic carbocycles. The van der Waals surface area contributed by atoms with Gasteiger partial charge in [0.2, 0.25) is 0 Å². The van der Waals surface area contributed by atoms with Crippen molar-refractivity contribution < 1.29 is 32.3 Å². The van der Waals surface area contributed by atoms with Gasteiger partial charge in [-0.05, 0) is 31.2 Å². The molecule has 2 amide bonds. The van der Waals surface area contributed by atoms with Gasteiger partial charge in [-0.15, -0.1) is 0 Å². The van der Waals surface area contributed by atoms with Gasteiger partial charge in [0.05, 0.1) is 5.69 Å². The molecule has 0 unspecified atom stereocenters. The number of ether oxygens (including phenoxy) is 1. The van der Waals surface area contributed by atoms with Crippen molar-refractivity contribution in [3.63, 3.8) is 0 Å². The second-order valence-electron chi connectivity index (χ2n) is 5.39. The van der Waals surface area contributed by atoms with E-state index < -0.39 is 53.6 Å². The van der Waals surface area contributed by atoms with Crippen molar-refractivity contribution in [1.82, 2.24) is 5.32 Å². The Kier molecular flexibility index (Phi) is 6.53. The molecular formula is C18H15F3N2O4. The Morgan fingerprint density at radius 2 is 1.67 bits per heavy atom. The molecule has 0 aliphatic heterocycles. The lowest BCUT2D eigenvalue weighted by Gasteiger charge is -2.14. The number of halogens is 3. The van der Waals surface area contributed by atoms with Crippen LogP contribution in [-0.2, 0) is 14.3 Å². The molecule has 27 heavy (non-hydrogen) atoms. The molecule has 2 rings (SSSR count). The number of carbonyl (C=O) groups is 3. The minimum Gasteiger partial charge on any atom is -0.451 e. The molecular weight excluding hydrogens is 365 g/mol. The molecule has 0 fully saturated rings. The van der Waals surface area contributed by atoms with Crippen LogP contribution in [-0.4, -0.2) is 30.4 Å². The standard InChI is InChI=1S/C18H15F3N2O4/c1-10(17(25)23-13-8-7-12(19)15(20)16(13)21)27-14(24)9-22-18(26)11-5-3-2-4-6-11/h2-8,10H,9H2,1H3,(H,22,26)(H,23,25)/t10-/m1/s1. The van der Waals surface area contributed by atoms with Gasteiger partial charge >= 0.3 is 5.97 Å². The van der Waals surface area contributed by atoms with Crippen LogP contribution in [0.5, 0.6) is 0 Å². The maximum Gasteiger partial charge on any atom is 0.326 e. The Labute approximate surface area is 152 Å². The highest BCUT2D eigenvalue weighted by Crippen LogP contribution is 2.19. The van der Waals surface area contributed by atoms with E-state index in [1.165, 1.54) is 6.92 Å². The van der Waals surface area contributed by atoms with Gasteiger partial charge in [0.25, 0.3) is 11.8 Å². The zero-order valence-electron chi connectivity index (χ0n) is 14.1. The zero-order chi connectivity index (χ0) is 20.0. The molecule has 6 nitrogen and oxygen atoms in total. The van der Waals surface area contributed by atoms with Crippen LogP contribution in [0, 0.1) is 17.5 Å². The van der Waals surface area contributed by atoms with E-state index in [0.717, 1.165) is 6.07 Å². The normalized spacial score (nSPS) is 11.4. The number of carbonyl (C=O) groups excluding carboxylic acids is 3. The molecule has 0 saturated heterocycles. The van der Waals surface area contributed by atoms with E-state index >= 15 is 0 Å². The van der Waals surface area contributed by atoms with Crippen LogP contribution >= 0.6 is 0 Å². The molecule has 2 N–H and O–H groups in total. The smallest absolute Gasteiger partial charge is 0.326 e. The van der Waals surface area contributed by atoms with Crippen LogP contribution in [0.3, 0.4) is 0 Å². The Morgan fingerprint density at radius 1 is 1.00 bits per heavy atom. The van der Waals surface area contributed by atoms with Crippen molar-refractivity contribution in [2.75, 3.05) is 11.9 Å². The van der Waals surface area contributed by atoms with Crippen molar-refractivity contribution in [1.29, 1.82) is 0 Å². The molecule has 2 aromatic rings. The SMILES string of the molecule is C[C@@H](OC(=O)CNC(=O)c1ccccc1)C(=O)Nc1ccc(F)c(F)c1F. The van der Waals surface area contributed by atoms with Crippen LogP contribution in [0.2, 0.25) is 0 Å². The van der Waals surface area contributed by atoms with Crippen molar-refractivity contribution in [2.45, 2.75) is 13.0 Å². The fourth-order valence-corrected chi connectivity index (χ4v) is 1.99. The molecule has 142 valence electrons. The molecule has 0 aliphatic rings. The van der Waals surface area contributed by atoms with Gasteiger partial charge in [-0.1, -0.05) is 18.2 Å². The average Bonchev–Trinajstić information content (AvgIpc) is 2.67. The lowest BCUT2D eigenvalue weighted by Crippen LogP contribution is -2.36. The largest absolute Gasteiger partial charge is 0.451 e. The first-order valence-corrected chi connectivity index (χ1v) is 7.76. The van der Waals surface area contributed by atoms with Gasteiger partial charge in [0, 0.05) is 5.56 Å². The fraction of sp³-hybridized carbons (Fsp3) is 0.167. The summed E-state index contributed by atoms with van der Waals surface area (Å²) in [5.74, 6) is -7.08. The Morgan fingerprint density at radius 3 is 2.33 bits per heavy atom. The third-order valence-corrected chi connectivity index (χ3v) is 3.40. The maximum absolute atomic E-state index is 13.5. The van der Waals surface area contributed by atoms with Crippen LogP contribution in [0.15, 0.2) is 42.5 Å². The maximum atomic E-state index is 13.5.